The van der Waals surface area contributed by atoms with Crippen LogP contribution in [-0.2, 0) is 16.0 Å². The molecule has 0 unspecified atom stereocenters. The monoisotopic (exact) mass is 458 g/mol. The Morgan fingerprint density at radius 3 is 2.69 bits per heavy atom. The van der Waals surface area contributed by atoms with Crippen molar-refractivity contribution in [1.29, 1.82) is 0 Å². The van der Waals surface area contributed by atoms with Crippen LogP contribution in [0, 0.1) is 5.82 Å². The maximum Gasteiger partial charge on any atom is 0.293 e. The largest absolute Gasteiger partial charge is 0.493 e. The van der Waals surface area contributed by atoms with Gasteiger partial charge in [0.05, 0.1) is 25.0 Å². The highest BCUT2D eigenvalue weighted by atomic mass is 32.2. The molecule has 2 aromatic rings. The van der Waals surface area contributed by atoms with E-state index in [1.54, 1.807) is 36.4 Å². The minimum atomic E-state index is -0.454. The van der Waals surface area contributed by atoms with E-state index < -0.39 is 17.0 Å². The van der Waals surface area contributed by atoms with Crippen LogP contribution >= 0.6 is 11.8 Å². The number of nitrogens with one attached hydrogen (secondary N) is 1. The maximum absolute atomic E-state index is 13.6. The van der Waals surface area contributed by atoms with Crippen LogP contribution in [0.3, 0.4) is 0 Å². The van der Waals surface area contributed by atoms with Crippen LogP contribution in [0.25, 0.3) is 6.08 Å². The Kier molecular flexibility index (Phi) is 7.88. The molecule has 1 saturated heterocycles. The first-order valence-electron chi connectivity index (χ1n) is 9.99. The second-order valence-corrected chi connectivity index (χ2v) is 7.79. The van der Waals surface area contributed by atoms with Crippen LogP contribution in [0.2, 0.25) is 0 Å². The summed E-state index contributed by atoms with van der Waals surface area (Å²) in [5.41, 5.74) is 0.971. The molecule has 1 N–H and O–H groups in total. The van der Waals surface area contributed by atoms with Crippen molar-refractivity contribution in [2.24, 2.45) is 0 Å². The third-order valence-electron chi connectivity index (χ3n) is 4.63. The molecule has 0 spiro atoms. The number of halogens is 1. The number of amides is 3. The number of imide groups is 1. The summed E-state index contributed by atoms with van der Waals surface area (Å²) in [6.45, 7) is 2.46. The van der Waals surface area contributed by atoms with E-state index in [0.717, 1.165) is 16.7 Å². The van der Waals surface area contributed by atoms with Gasteiger partial charge in [0.1, 0.15) is 5.82 Å². The lowest BCUT2D eigenvalue weighted by Gasteiger charge is -2.13. The maximum atomic E-state index is 13.6. The molecule has 3 amide bonds. The summed E-state index contributed by atoms with van der Waals surface area (Å²) >= 11 is 0.832. The minimum Gasteiger partial charge on any atom is -0.493 e. The average Bonchev–Trinajstić information content (AvgIpc) is 3.04. The summed E-state index contributed by atoms with van der Waals surface area (Å²) in [7, 11) is 1.52. The van der Waals surface area contributed by atoms with Crippen molar-refractivity contribution >= 4 is 34.9 Å². The van der Waals surface area contributed by atoms with Gasteiger partial charge < -0.3 is 14.8 Å². The molecule has 7 nitrogen and oxygen atoms in total. The fourth-order valence-corrected chi connectivity index (χ4v) is 3.94. The predicted molar refractivity (Wildman–Crippen MR) is 120 cm³/mol. The zero-order valence-electron chi connectivity index (χ0n) is 17.7. The topological polar surface area (TPSA) is 84.9 Å². The molecule has 0 radical (unpaired) electrons. The average molecular weight is 459 g/mol. The van der Waals surface area contributed by atoms with Crippen molar-refractivity contribution in [2.75, 3.05) is 26.8 Å². The van der Waals surface area contributed by atoms with E-state index in [1.807, 2.05) is 6.92 Å². The highest BCUT2D eigenvalue weighted by Gasteiger charge is 2.34. The van der Waals surface area contributed by atoms with Crippen molar-refractivity contribution in [3.05, 3.63) is 64.3 Å². The number of carbonyl (C=O) groups is 3. The lowest BCUT2D eigenvalue weighted by molar-refractivity contribution is -0.124. The van der Waals surface area contributed by atoms with Crippen LogP contribution in [0.5, 0.6) is 11.5 Å². The first kappa shape index (κ1) is 23.3. The number of rotatable bonds is 9. The number of hydrogen-bond acceptors (Lipinski definition) is 6. The number of ether oxygens (including phenoxy) is 2. The number of methoxy groups -OCH3 is 1. The third kappa shape index (κ3) is 5.67. The van der Waals surface area contributed by atoms with Crippen molar-refractivity contribution < 1.29 is 28.2 Å². The lowest BCUT2D eigenvalue weighted by atomic mass is 10.1. The normalized spacial score (nSPS) is 14.7. The zero-order chi connectivity index (χ0) is 23.1. The van der Waals surface area contributed by atoms with Gasteiger partial charge in [-0.1, -0.05) is 24.3 Å². The first-order valence-corrected chi connectivity index (χ1v) is 10.8. The van der Waals surface area contributed by atoms with E-state index >= 15 is 0 Å². The highest BCUT2D eigenvalue weighted by Crippen LogP contribution is 2.34. The highest BCUT2D eigenvalue weighted by molar-refractivity contribution is 8.18. The van der Waals surface area contributed by atoms with E-state index in [4.69, 9.17) is 9.47 Å². The quantitative estimate of drug-likeness (QED) is 0.578. The molecule has 32 heavy (non-hydrogen) atoms. The molecule has 3 rings (SSSR count). The van der Waals surface area contributed by atoms with Crippen molar-refractivity contribution in [3.63, 3.8) is 0 Å². The van der Waals surface area contributed by atoms with Gasteiger partial charge in [0.25, 0.3) is 11.1 Å². The summed E-state index contributed by atoms with van der Waals surface area (Å²) < 4.78 is 24.4. The molecule has 168 valence electrons. The summed E-state index contributed by atoms with van der Waals surface area (Å²) in [5.74, 6) is -0.163. The Morgan fingerprint density at radius 1 is 1.19 bits per heavy atom. The number of hydrogen-bond donors (Lipinski definition) is 1. The third-order valence-corrected chi connectivity index (χ3v) is 5.53. The molecule has 1 heterocycles. The first-order chi connectivity index (χ1) is 15.4. The second-order valence-electron chi connectivity index (χ2n) is 6.79. The SMILES string of the molecule is CCOc1ccc(/C=C2\SC(=O)N(CCNC(=O)Cc3ccccc3F)C2=O)cc1OC. The van der Waals surface area contributed by atoms with Crippen LogP contribution in [0.15, 0.2) is 47.4 Å². The van der Waals surface area contributed by atoms with Crippen molar-refractivity contribution in [1.82, 2.24) is 10.2 Å². The van der Waals surface area contributed by atoms with Gasteiger partial charge in [-0.05, 0) is 54.1 Å². The predicted octanol–water partition coefficient (Wildman–Crippen LogP) is 3.63. The summed E-state index contributed by atoms with van der Waals surface area (Å²) in [4.78, 5) is 38.3. The van der Waals surface area contributed by atoms with Gasteiger partial charge in [-0.25, -0.2) is 4.39 Å². The molecule has 1 aliphatic rings. The smallest absolute Gasteiger partial charge is 0.293 e. The van der Waals surface area contributed by atoms with Crippen molar-refractivity contribution in [3.8, 4) is 11.5 Å². The van der Waals surface area contributed by atoms with Gasteiger partial charge in [-0.2, -0.15) is 0 Å². The molecule has 0 bridgehead atoms. The molecular formula is C23H23FN2O5S. The van der Waals surface area contributed by atoms with Crippen molar-refractivity contribution in [2.45, 2.75) is 13.3 Å². The van der Waals surface area contributed by atoms with E-state index in [-0.39, 0.29) is 35.9 Å². The molecule has 0 saturated carbocycles. The second kappa shape index (κ2) is 10.8. The molecular weight excluding hydrogens is 435 g/mol. The number of thioether (sulfide) groups is 1. The van der Waals surface area contributed by atoms with Gasteiger partial charge in [0.15, 0.2) is 11.5 Å². The van der Waals surface area contributed by atoms with Crippen LogP contribution in [0.4, 0.5) is 9.18 Å². The van der Waals surface area contributed by atoms with Gasteiger partial charge in [-0.3, -0.25) is 19.3 Å². The molecule has 9 heteroatoms. The Labute approximate surface area is 189 Å². The van der Waals surface area contributed by atoms with Gasteiger partial charge >= 0.3 is 0 Å². The Morgan fingerprint density at radius 2 is 1.97 bits per heavy atom. The lowest BCUT2D eigenvalue weighted by Crippen LogP contribution is -2.37. The molecule has 0 atom stereocenters. The van der Waals surface area contributed by atoms with Gasteiger partial charge in [0, 0.05) is 13.1 Å². The van der Waals surface area contributed by atoms with Crippen LogP contribution in [0.1, 0.15) is 18.1 Å². The number of benzene rings is 2. The fourth-order valence-electron chi connectivity index (χ4n) is 3.08. The molecule has 1 fully saturated rings. The Balaban J connectivity index is 1.58. The van der Waals surface area contributed by atoms with Crippen LogP contribution < -0.4 is 14.8 Å². The zero-order valence-corrected chi connectivity index (χ0v) is 18.5. The van der Waals surface area contributed by atoms with Gasteiger partial charge in [0.2, 0.25) is 5.91 Å². The minimum absolute atomic E-state index is 0.0254. The van der Waals surface area contributed by atoms with E-state index in [2.05, 4.69) is 5.32 Å². The van der Waals surface area contributed by atoms with E-state index in [9.17, 15) is 18.8 Å². The number of nitrogens with zero attached hydrogens (tertiary/aromatic N) is 1. The fraction of sp³-hybridized carbons (Fsp3) is 0.261. The summed E-state index contributed by atoms with van der Waals surface area (Å²) in [5, 5.41) is 2.20. The van der Waals surface area contributed by atoms with Gasteiger partial charge in [-0.15, -0.1) is 0 Å². The summed E-state index contributed by atoms with van der Waals surface area (Å²) in [6, 6.07) is 11.3. The number of carbonyl (C=O) groups excluding carboxylic acids is 3. The Bertz CT molecular complexity index is 1060. The van der Waals surface area contributed by atoms with E-state index in [0.29, 0.717) is 23.7 Å². The van der Waals surface area contributed by atoms with E-state index in [1.165, 1.54) is 19.2 Å². The summed E-state index contributed by atoms with van der Waals surface area (Å²) in [6.07, 6.45) is 1.49. The molecule has 2 aromatic carbocycles. The molecule has 0 aliphatic carbocycles. The molecule has 0 aromatic heterocycles. The Hall–Kier alpha value is -3.33. The standard InChI is InChI=1S/C23H23FN2O5S/c1-3-31-18-9-8-15(12-19(18)30-2)13-20-22(28)26(23(29)32-20)11-10-25-21(27)14-16-6-4-5-7-17(16)24/h4-9,12-13H,3,10-11,14H2,1-2H3,(H,25,27)/b20-13-. The molecule has 1 aliphatic heterocycles. The van der Waals surface area contributed by atoms with Crippen LogP contribution in [-0.4, -0.2) is 48.8 Å².